The predicted molar refractivity (Wildman–Crippen MR) is 149 cm³/mol. The number of amides is 3. The second-order valence-electron chi connectivity index (χ2n) is 9.94. The number of aryl methyl sites for hydroxylation is 1. The lowest BCUT2D eigenvalue weighted by atomic mass is 10.0. The van der Waals surface area contributed by atoms with Crippen molar-refractivity contribution in [3.8, 4) is 11.3 Å². The van der Waals surface area contributed by atoms with Crippen LogP contribution in [0, 0.1) is 0 Å². The average Bonchev–Trinajstić information content (AvgIpc) is 3.72. The predicted octanol–water partition coefficient (Wildman–Crippen LogP) is 3.31. The maximum Gasteiger partial charge on any atom is 0.435 e. The number of anilines is 2. The molecule has 4 aromatic rings. The van der Waals surface area contributed by atoms with Crippen molar-refractivity contribution in [2.24, 2.45) is 5.73 Å². The molecule has 4 heterocycles. The summed E-state index contributed by atoms with van der Waals surface area (Å²) in [7, 11) is 0. The number of aromatic amines is 1. The van der Waals surface area contributed by atoms with E-state index in [2.05, 4.69) is 36.1 Å². The zero-order valence-corrected chi connectivity index (χ0v) is 22.8. The first-order chi connectivity index (χ1) is 20.2. The summed E-state index contributed by atoms with van der Waals surface area (Å²) in [6.07, 6.45) is 2.82. The summed E-state index contributed by atoms with van der Waals surface area (Å²) in [5, 5.41) is 14.5. The number of fused-ring (bicyclic) bond motifs is 1. The minimum atomic E-state index is -4.63. The number of halogens is 3. The topological polar surface area (TPSA) is 158 Å². The number of benzene rings is 1. The van der Waals surface area contributed by atoms with Crippen LogP contribution in [0.25, 0.3) is 16.9 Å². The van der Waals surface area contributed by atoms with Gasteiger partial charge in [-0.25, -0.2) is 14.8 Å². The Labute approximate surface area is 238 Å². The quantitative estimate of drug-likeness (QED) is 0.189. The molecule has 1 aromatic carbocycles. The first kappa shape index (κ1) is 28.9. The Hall–Kier alpha value is -4.66. The molecular formula is C27H31F3N10O2. The molecule has 42 heavy (non-hydrogen) atoms. The number of hydrogen-bond donors (Lipinski definition) is 5. The first-order valence-corrected chi connectivity index (χ1v) is 13.6. The molecule has 0 unspecified atom stereocenters. The molecule has 0 aliphatic carbocycles. The van der Waals surface area contributed by atoms with Crippen molar-refractivity contribution >= 4 is 29.1 Å². The van der Waals surface area contributed by atoms with Gasteiger partial charge in [0.15, 0.2) is 17.2 Å². The molecule has 15 heteroatoms. The van der Waals surface area contributed by atoms with Crippen LogP contribution in [0.1, 0.15) is 41.4 Å². The number of likely N-dealkylation sites (tertiary alicyclic amines) is 1. The number of hydrogen-bond acceptors (Lipinski definition) is 7. The van der Waals surface area contributed by atoms with Crippen molar-refractivity contribution in [1.82, 2.24) is 40.1 Å². The van der Waals surface area contributed by atoms with Crippen molar-refractivity contribution in [3.63, 3.8) is 0 Å². The summed E-state index contributed by atoms with van der Waals surface area (Å²) in [6, 6.07) is 5.13. The maximum absolute atomic E-state index is 13.4. The van der Waals surface area contributed by atoms with Crippen LogP contribution >= 0.6 is 0 Å². The zero-order chi connectivity index (χ0) is 29.9. The van der Waals surface area contributed by atoms with Crippen molar-refractivity contribution in [2.45, 2.75) is 38.4 Å². The number of carbonyl (C=O) groups is 2. The van der Waals surface area contributed by atoms with Gasteiger partial charge in [-0.15, -0.1) is 0 Å². The fourth-order valence-electron chi connectivity index (χ4n) is 4.89. The number of nitrogens with zero attached hydrogens (tertiary/aromatic N) is 5. The second kappa shape index (κ2) is 12.1. The molecule has 1 aliphatic rings. The molecule has 1 saturated heterocycles. The third-order valence-corrected chi connectivity index (χ3v) is 7.03. The van der Waals surface area contributed by atoms with Gasteiger partial charge in [0.2, 0.25) is 0 Å². The SMILES string of the molecule is CCc1cc(Nc2nccn3c(-c4c[nH]nc4C(F)(F)F)cnc23)ccc1C(=O)NCCCNC(=O)N1CC[C@@H](N)C1. The highest BCUT2D eigenvalue weighted by atomic mass is 19.4. The Bertz CT molecular complexity index is 1580. The normalized spacial score (nSPS) is 15.3. The average molecular weight is 585 g/mol. The Kier molecular flexibility index (Phi) is 8.29. The molecule has 12 nitrogen and oxygen atoms in total. The summed E-state index contributed by atoms with van der Waals surface area (Å²) < 4.78 is 41.7. The molecule has 0 radical (unpaired) electrons. The van der Waals surface area contributed by atoms with E-state index >= 15 is 0 Å². The lowest BCUT2D eigenvalue weighted by Gasteiger charge is -2.16. The van der Waals surface area contributed by atoms with Gasteiger partial charge < -0.3 is 26.6 Å². The van der Waals surface area contributed by atoms with Crippen LogP contribution in [0.5, 0.6) is 0 Å². The van der Waals surface area contributed by atoms with E-state index in [0.717, 1.165) is 12.0 Å². The van der Waals surface area contributed by atoms with Gasteiger partial charge in [-0.05, 0) is 43.0 Å². The van der Waals surface area contributed by atoms with Crippen LogP contribution in [-0.4, -0.2) is 73.6 Å². The lowest BCUT2D eigenvalue weighted by Crippen LogP contribution is -2.40. The maximum atomic E-state index is 13.4. The molecule has 1 aliphatic heterocycles. The standard InChI is InChI=1S/C27H31F3N10O2/c1-2-16-12-18(4-5-19(16)25(41)33-7-3-8-34-26(42)39-10-6-17(31)15-39)37-23-24-35-14-21(40(24)11-9-32-23)20-13-36-38-22(20)27(28,29)30/h4-5,9,11-14,17H,2-3,6-8,10,15,31H2,1H3,(H,32,37)(H,33,41)(H,34,42)(H,36,38)/t17-/m1/s1. The lowest BCUT2D eigenvalue weighted by molar-refractivity contribution is -0.140. The van der Waals surface area contributed by atoms with Crippen molar-refractivity contribution < 1.29 is 22.8 Å². The number of aromatic nitrogens is 5. The number of alkyl halides is 3. The minimum Gasteiger partial charge on any atom is -0.352 e. The van der Waals surface area contributed by atoms with E-state index in [9.17, 15) is 22.8 Å². The number of H-pyrrole nitrogens is 1. The van der Waals surface area contributed by atoms with Crippen LogP contribution < -0.4 is 21.7 Å². The molecule has 1 atom stereocenters. The van der Waals surface area contributed by atoms with Crippen molar-refractivity contribution in [2.75, 3.05) is 31.5 Å². The van der Waals surface area contributed by atoms with E-state index in [0.29, 0.717) is 61.7 Å². The highest BCUT2D eigenvalue weighted by Crippen LogP contribution is 2.36. The summed E-state index contributed by atoms with van der Waals surface area (Å²) >= 11 is 0. The second-order valence-corrected chi connectivity index (χ2v) is 9.94. The van der Waals surface area contributed by atoms with E-state index in [4.69, 9.17) is 5.73 Å². The van der Waals surface area contributed by atoms with E-state index in [1.165, 1.54) is 29.2 Å². The Morgan fingerprint density at radius 2 is 2.00 bits per heavy atom. The fourth-order valence-corrected chi connectivity index (χ4v) is 4.89. The Morgan fingerprint density at radius 3 is 2.74 bits per heavy atom. The summed E-state index contributed by atoms with van der Waals surface area (Å²) in [4.78, 5) is 35.3. The van der Waals surface area contributed by atoms with E-state index in [1.54, 1.807) is 17.0 Å². The number of urea groups is 1. The van der Waals surface area contributed by atoms with E-state index in [1.807, 2.05) is 13.0 Å². The monoisotopic (exact) mass is 584 g/mol. The third kappa shape index (κ3) is 6.15. The third-order valence-electron chi connectivity index (χ3n) is 7.03. The molecule has 3 amide bonds. The molecule has 0 bridgehead atoms. The largest absolute Gasteiger partial charge is 0.435 e. The Balaban J connectivity index is 1.22. The Morgan fingerprint density at radius 1 is 1.19 bits per heavy atom. The van der Waals surface area contributed by atoms with Gasteiger partial charge in [-0.2, -0.15) is 18.3 Å². The van der Waals surface area contributed by atoms with Crippen LogP contribution in [-0.2, 0) is 12.6 Å². The van der Waals surface area contributed by atoms with Gasteiger partial charge in [0.1, 0.15) is 0 Å². The smallest absolute Gasteiger partial charge is 0.352 e. The molecule has 3 aromatic heterocycles. The molecule has 6 N–H and O–H groups in total. The number of imidazole rings is 1. The van der Waals surface area contributed by atoms with Gasteiger partial charge >= 0.3 is 12.2 Å². The molecule has 222 valence electrons. The van der Waals surface area contributed by atoms with Gasteiger partial charge in [-0.3, -0.25) is 14.3 Å². The van der Waals surface area contributed by atoms with Gasteiger partial charge in [-0.1, -0.05) is 6.92 Å². The molecule has 0 saturated carbocycles. The first-order valence-electron chi connectivity index (χ1n) is 13.6. The zero-order valence-electron chi connectivity index (χ0n) is 22.8. The summed E-state index contributed by atoms with van der Waals surface area (Å²) in [6.45, 7) is 3.95. The van der Waals surface area contributed by atoms with Crippen molar-refractivity contribution in [3.05, 3.63) is 59.8 Å². The highest BCUT2D eigenvalue weighted by molar-refractivity contribution is 5.96. The molecular weight excluding hydrogens is 553 g/mol. The molecule has 0 spiro atoms. The van der Waals surface area contributed by atoms with Gasteiger partial charge in [0.25, 0.3) is 5.91 Å². The van der Waals surface area contributed by atoms with E-state index < -0.39 is 11.9 Å². The number of nitrogens with two attached hydrogens (primary N) is 1. The number of carbonyl (C=O) groups excluding carboxylic acids is 2. The van der Waals surface area contributed by atoms with Crippen LogP contribution in [0.15, 0.2) is 43.0 Å². The number of nitrogens with one attached hydrogen (secondary N) is 4. The minimum absolute atomic E-state index is 0.0238. The van der Waals surface area contributed by atoms with E-state index in [-0.39, 0.29) is 29.2 Å². The van der Waals surface area contributed by atoms with Gasteiger partial charge in [0, 0.05) is 62.1 Å². The van der Waals surface area contributed by atoms with Gasteiger partial charge in [0.05, 0.1) is 17.5 Å². The summed E-state index contributed by atoms with van der Waals surface area (Å²) in [5.74, 6) is 0.104. The fraction of sp³-hybridized carbons (Fsp3) is 0.370. The van der Waals surface area contributed by atoms with Crippen molar-refractivity contribution in [1.29, 1.82) is 0 Å². The molecule has 1 fully saturated rings. The van der Waals surface area contributed by atoms with Crippen LogP contribution in [0.4, 0.5) is 29.5 Å². The summed E-state index contributed by atoms with van der Waals surface area (Å²) in [5.41, 5.74) is 7.15. The van der Waals surface area contributed by atoms with Crippen LogP contribution in [0.3, 0.4) is 0 Å². The number of rotatable bonds is 9. The highest BCUT2D eigenvalue weighted by Gasteiger charge is 2.37. The molecule has 5 rings (SSSR count). The van der Waals surface area contributed by atoms with Crippen LogP contribution in [0.2, 0.25) is 0 Å².